The van der Waals surface area contributed by atoms with E-state index in [0.29, 0.717) is 18.5 Å². The Kier molecular flexibility index (Phi) is 5.82. The summed E-state index contributed by atoms with van der Waals surface area (Å²) in [6.07, 6.45) is 6.18. The van der Waals surface area contributed by atoms with Gasteiger partial charge in [-0.15, -0.1) is 0 Å². The predicted molar refractivity (Wildman–Crippen MR) is 70.5 cm³/mol. The third-order valence-corrected chi connectivity index (χ3v) is 3.31. The molecule has 1 atom stereocenters. The van der Waals surface area contributed by atoms with Crippen molar-refractivity contribution >= 4 is 5.96 Å². The quantitative estimate of drug-likeness (QED) is 0.600. The lowest BCUT2D eigenvalue weighted by Gasteiger charge is -2.25. The van der Waals surface area contributed by atoms with Crippen LogP contribution in [-0.2, 0) is 0 Å². The average Bonchev–Trinajstić information content (AvgIpc) is 2.36. The molecule has 0 aromatic rings. The smallest absolute Gasteiger partial charge is 0.191 e. The summed E-state index contributed by atoms with van der Waals surface area (Å²) in [6, 6.07) is 2.63. The zero-order valence-electron chi connectivity index (χ0n) is 11.0. The molecule has 1 aliphatic rings. The molecule has 0 saturated heterocycles. The standard InChI is InChI=1S/C13H24N4/c1-3-17(10-11(2)9-14)13(15)16-12-7-5-4-6-8-12/h11-12H,3-8,10H2,1-2H3,(H2,15,16). The monoisotopic (exact) mass is 236 g/mol. The summed E-state index contributed by atoms with van der Waals surface area (Å²) in [6.45, 7) is 5.45. The van der Waals surface area contributed by atoms with E-state index in [2.05, 4.69) is 11.1 Å². The predicted octanol–water partition coefficient (Wildman–Crippen LogP) is 2.12. The fourth-order valence-electron chi connectivity index (χ4n) is 2.23. The highest BCUT2D eigenvalue weighted by molar-refractivity contribution is 5.78. The molecular formula is C13H24N4. The number of hydrogen-bond donors (Lipinski definition) is 1. The Bertz CT molecular complexity index is 286. The second kappa shape index (κ2) is 7.16. The molecule has 0 heterocycles. The van der Waals surface area contributed by atoms with Gasteiger partial charge in [0.05, 0.1) is 18.0 Å². The second-order valence-corrected chi connectivity index (χ2v) is 4.85. The molecule has 1 unspecified atom stereocenters. The summed E-state index contributed by atoms with van der Waals surface area (Å²) in [7, 11) is 0. The van der Waals surface area contributed by atoms with Crippen molar-refractivity contribution < 1.29 is 0 Å². The molecule has 4 heteroatoms. The van der Waals surface area contributed by atoms with Crippen molar-refractivity contribution in [2.24, 2.45) is 16.6 Å². The van der Waals surface area contributed by atoms with E-state index in [9.17, 15) is 0 Å². The van der Waals surface area contributed by atoms with Crippen LogP contribution in [0, 0.1) is 17.2 Å². The van der Waals surface area contributed by atoms with Crippen molar-refractivity contribution in [2.45, 2.75) is 52.0 Å². The molecule has 17 heavy (non-hydrogen) atoms. The van der Waals surface area contributed by atoms with E-state index in [0.717, 1.165) is 19.4 Å². The molecule has 1 fully saturated rings. The van der Waals surface area contributed by atoms with Crippen molar-refractivity contribution in [2.75, 3.05) is 13.1 Å². The highest BCUT2D eigenvalue weighted by Gasteiger charge is 2.15. The van der Waals surface area contributed by atoms with Crippen LogP contribution in [0.3, 0.4) is 0 Å². The van der Waals surface area contributed by atoms with Crippen molar-refractivity contribution in [3.8, 4) is 6.07 Å². The maximum Gasteiger partial charge on any atom is 0.191 e. The Morgan fingerprint density at radius 2 is 2.12 bits per heavy atom. The van der Waals surface area contributed by atoms with Crippen LogP contribution in [0.4, 0.5) is 0 Å². The number of hydrogen-bond acceptors (Lipinski definition) is 2. The van der Waals surface area contributed by atoms with Crippen LogP contribution in [-0.4, -0.2) is 30.0 Å². The maximum absolute atomic E-state index is 8.83. The van der Waals surface area contributed by atoms with Gasteiger partial charge in [-0.3, -0.25) is 0 Å². The van der Waals surface area contributed by atoms with Gasteiger partial charge in [-0.1, -0.05) is 19.3 Å². The maximum atomic E-state index is 8.83. The number of nitriles is 1. The second-order valence-electron chi connectivity index (χ2n) is 4.85. The number of nitrogens with two attached hydrogens (primary N) is 1. The highest BCUT2D eigenvalue weighted by atomic mass is 15.2. The molecule has 1 rings (SSSR count). The van der Waals surface area contributed by atoms with Gasteiger partial charge < -0.3 is 10.6 Å². The van der Waals surface area contributed by atoms with Gasteiger partial charge in [0.2, 0.25) is 0 Å². The Labute approximate surface area is 105 Å². The lowest BCUT2D eigenvalue weighted by molar-refractivity contribution is 0.386. The minimum atomic E-state index is -0.00458. The normalized spacial score (nSPS) is 19.7. The molecule has 0 aromatic carbocycles. The van der Waals surface area contributed by atoms with Gasteiger partial charge in [-0.05, 0) is 26.7 Å². The molecule has 0 aromatic heterocycles. The molecule has 1 saturated carbocycles. The summed E-state index contributed by atoms with van der Waals surface area (Å²) in [5, 5.41) is 8.83. The third kappa shape index (κ3) is 4.64. The van der Waals surface area contributed by atoms with E-state index >= 15 is 0 Å². The Morgan fingerprint density at radius 3 is 2.65 bits per heavy atom. The fraction of sp³-hybridized carbons (Fsp3) is 0.846. The molecular weight excluding hydrogens is 212 g/mol. The molecule has 1 aliphatic carbocycles. The fourth-order valence-corrected chi connectivity index (χ4v) is 2.23. The molecule has 0 amide bonds. The van der Waals surface area contributed by atoms with Crippen LogP contribution in [0.2, 0.25) is 0 Å². The number of guanidine groups is 1. The van der Waals surface area contributed by atoms with E-state index in [1.165, 1.54) is 19.3 Å². The van der Waals surface area contributed by atoms with Crippen LogP contribution in [0.1, 0.15) is 46.0 Å². The van der Waals surface area contributed by atoms with Crippen LogP contribution in [0.5, 0.6) is 0 Å². The molecule has 96 valence electrons. The molecule has 0 aliphatic heterocycles. The molecule has 4 nitrogen and oxygen atoms in total. The van der Waals surface area contributed by atoms with E-state index in [4.69, 9.17) is 11.0 Å². The van der Waals surface area contributed by atoms with E-state index in [1.54, 1.807) is 0 Å². The first-order valence-electron chi connectivity index (χ1n) is 6.65. The van der Waals surface area contributed by atoms with Crippen molar-refractivity contribution in [1.29, 1.82) is 5.26 Å². The summed E-state index contributed by atoms with van der Waals surface area (Å²) in [4.78, 5) is 6.61. The summed E-state index contributed by atoms with van der Waals surface area (Å²) in [5.41, 5.74) is 6.03. The Morgan fingerprint density at radius 1 is 1.47 bits per heavy atom. The van der Waals surface area contributed by atoms with Crippen LogP contribution in [0.25, 0.3) is 0 Å². The first kappa shape index (κ1) is 13.8. The average molecular weight is 236 g/mol. The van der Waals surface area contributed by atoms with Crippen LogP contribution < -0.4 is 5.73 Å². The van der Waals surface area contributed by atoms with E-state index in [-0.39, 0.29) is 5.92 Å². The zero-order valence-corrected chi connectivity index (χ0v) is 11.0. The van der Waals surface area contributed by atoms with Crippen molar-refractivity contribution in [3.05, 3.63) is 0 Å². The van der Waals surface area contributed by atoms with E-state index < -0.39 is 0 Å². The van der Waals surface area contributed by atoms with Gasteiger partial charge in [0, 0.05) is 13.1 Å². The topological polar surface area (TPSA) is 65.4 Å². The highest BCUT2D eigenvalue weighted by Crippen LogP contribution is 2.20. The van der Waals surface area contributed by atoms with Crippen molar-refractivity contribution in [3.63, 3.8) is 0 Å². The zero-order chi connectivity index (χ0) is 12.7. The van der Waals surface area contributed by atoms with Gasteiger partial charge in [0.25, 0.3) is 0 Å². The lowest BCUT2D eigenvalue weighted by atomic mass is 9.96. The summed E-state index contributed by atoms with van der Waals surface area (Å²) < 4.78 is 0. The van der Waals surface area contributed by atoms with Crippen molar-refractivity contribution in [1.82, 2.24) is 4.90 Å². The number of rotatable bonds is 4. The van der Waals surface area contributed by atoms with Gasteiger partial charge in [0.15, 0.2) is 5.96 Å². The number of nitrogens with zero attached hydrogens (tertiary/aromatic N) is 3. The Balaban J connectivity index is 2.54. The third-order valence-electron chi connectivity index (χ3n) is 3.31. The van der Waals surface area contributed by atoms with Gasteiger partial charge in [-0.2, -0.15) is 5.26 Å². The largest absolute Gasteiger partial charge is 0.370 e. The minimum absolute atomic E-state index is 0.00458. The Hall–Kier alpha value is -1.24. The summed E-state index contributed by atoms with van der Waals surface area (Å²) in [5.74, 6) is 0.608. The number of aliphatic imine (C=N–C) groups is 1. The SMILES string of the molecule is CCN(CC(C)C#N)C(N)=NC1CCCCC1. The first-order chi connectivity index (χ1) is 8.17. The van der Waals surface area contributed by atoms with Gasteiger partial charge in [0.1, 0.15) is 0 Å². The van der Waals surface area contributed by atoms with E-state index in [1.807, 2.05) is 18.7 Å². The molecule has 2 N–H and O–H groups in total. The molecule has 0 bridgehead atoms. The minimum Gasteiger partial charge on any atom is -0.370 e. The molecule has 0 spiro atoms. The lowest BCUT2D eigenvalue weighted by Crippen LogP contribution is -2.40. The van der Waals surface area contributed by atoms with Crippen LogP contribution in [0.15, 0.2) is 4.99 Å². The van der Waals surface area contributed by atoms with Gasteiger partial charge >= 0.3 is 0 Å². The first-order valence-corrected chi connectivity index (χ1v) is 6.65. The van der Waals surface area contributed by atoms with Crippen LogP contribution >= 0.6 is 0 Å². The molecule has 0 radical (unpaired) electrons. The summed E-state index contributed by atoms with van der Waals surface area (Å²) >= 11 is 0. The van der Waals surface area contributed by atoms with Gasteiger partial charge in [-0.25, -0.2) is 4.99 Å².